The summed E-state index contributed by atoms with van der Waals surface area (Å²) in [5, 5.41) is 0.0703. The van der Waals surface area contributed by atoms with E-state index in [1.54, 1.807) is 30.3 Å². The summed E-state index contributed by atoms with van der Waals surface area (Å²) in [7, 11) is 1.16. The van der Waals surface area contributed by atoms with E-state index in [9.17, 15) is 13.2 Å². The quantitative estimate of drug-likeness (QED) is 0.768. The van der Waals surface area contributed by atoms with Gasteiger partial charge in [-0.1, -0.05) is 0 Å². The number of halogens is 4. The van der Waals surface area contributed by atoms with Gasteiger partial charge in [0.05, 0.1) is 0 Å². The van der Waals surface area contributed by atoms with Crippen LogP contribution in [0, 0.1) is 0 Å². The molecule has 6 heteroatoms. The van der Waals surface area contributed by atoms with Crippen LogP contribution in [0.15, 0.2) is 30.3 Å². The van der Waals surface area contributed by atoms with Crippen LogP contribution in [0.25, 0.3) is 0 Å². The van der Waals surface area contributed by atoms with Gasteiger partial charge in [0.25, 0.3) is 0 Å². The van der Waals surface area contributed by atoms with E-state index in [2.05, 4.69) is 3.56 Å². The minimum absolute atomic E-state index is 0. The third-order valence-corrected chi connectivity index (χ3v) is 7.66. The summed E-state index contributed by atoms with van der Waals surface area (Å²) in [6, 6.07) is 8.67. The molecule has 0 atom stereocenters. The van der Waals surface area contributed by atoms with Crippen LogP contribution >= 0.6 is 17.0 Å². The zero-order chi connectivity index (χ0) is 10.6. The molecule has 0 saturated heterocycles. The van der Waals surface area contributed by atoms with Gasteiger partial charge in [0.1, 0.15) is 0 Å². The predicted octanol–water partition coefficient (Wildman–Crippen LogP) is 3.46. The molecule has 83 valence electrons. The maximum absolute atomic E-state index is 12.4. The molecular formula is C9H11BrF3OZn. The Labute approximate surface area is 103 Å². The summed E-state index contributed by atoms with van der Waals surface area (Å²) in [6.07, 6.45) is 0. The fourth-order valence-corrected chi connectivity index (χ4v) is 4.82. The SMILES string of the molecule is Br.C[O][Zn]([CH2]c1ccccc1)[C](F)(F)F. The van der Waals surface area contributed by atoms with E-state index in [1.165, 1.54) is 0 Å². The first-order valence-electron chi connectivity index (χ1n) is 4.38. The van der Waals surface area contributed by atoms with Crippen molar-refractivity contribution in [3.05, 3.63) is 35.9 Å². The summed E-state index contributed by atoms with van der Waals surface area (Å²) >= 11 is -3.83. The van der Waals surface area contributed by atoms with Gasteiger partial charge in [-0.3, -0.25) is 0 Å². The van der Waals surface area contributed by atoms with Crippen molar-refractivity contribution in [2.24, 2.45) is 0 Å². The third-order valence-electron chi connectivity index (χ3n) is 2.15. The Morgan fingerprint density at radius 1 is 1.20 bits per heavy atom. The first-order chi connectivity index (χ1) is 6.54. The van der Waals surface area contributed by atoms with Crippen LogP contribution in [-0.2, 0) is 24.9 Å². The van der Waals surface area contributed by atoms with Crippen LogP contribution in [0.4, 0.5) is 13.2 Å². The molecule has 0 saturated carbocycles. The summed E-state index contributed by atoms with van der Waals surface area (Å²) in [4.78, 5) is 0. The molecule has 0 spiro atoms. The Kier molecular flexibility index (Phi) is 6.64. The molecule has 0 aliphatic heterocycles. The van der Waals surface area contributed by atoms with Crippen LogP contribution in [0.1, 0.15) is 5.56 Å². The van der Waals surface area contributed by atoms with Crippen LogP contribution < -0.4 is 0 Å². The van der Waals surface area contributed by atoms with Gasteiger partial charge >= 0.3 is 85.8 Å². The van der Waals surface area contributed by atoms with Crippen molar-refractivity contribution < 1.29 is 33.0 Å². The van der Waals surface area contributed by atoms with E-state index >= 15 is 0 Å². The number of alkyl halides is 3. The van der Waals surface area contributed by atoms with E-state index < -0.39 is 21.1 Å². The van der Waals surface area contributed by atoms with Crippen LogP contribution in [0.3, 0.4) is 0 Å². The molecular weight excluding hydrogens is 326 g/mol. The van der Waals surface area contributed by atoms with Gasteiger partial charge in [0, 0.05) is 0 Å². The molecule has 0 radical (unpaired) electrons. The Morgan fingerprint density at radius 2 is 1.73 bits per heavy atom. The van der Waals surface area contributed by atoms with Gasteiger partial charge in [-0.2, -0.15) is 0 Å². The van der Waals surface area contributed by atoms with Crippen LogP contribution in [-0.4, -0.2) is 11.9 Å². The molecule has 0 N–H and O–H groups in total. The van der Waals surface area contributed by atoms with Crippen LogP contribution in [0.2, 0.25) is 0 Å². The first-order valence-corrected chi connectivity index (χ1v) is 9.17. The van der Waals surface area contributed by atoms with Crippen molar-refractivity contribution in [1.29, 1.82) is 0 Å². The zero-order valence-electron chi connectivity index (χ0n) is 8.25. The molecule has 0 fully saturated rings. The van der Waals surface area contributed by atoms with Crippen molar-refractivity contribution in [1.82, 2.24) is 0 Å². The van der Waals surface area contributed by atoms with Gasteiger partial charge in [0.2, 0.25) is 0 Å². The Morgan fingerprint density at radius 3 is 2.13 bits per heavy atom. The van der Waals surface area contributed by atoms with Crippen molar-refractivity contribution in [3.8, 4) is 0 Å². The maximum atomic E-state index is 12.4. The molecule has 0 amide bonds. The normalized spacial score (nSPS) is 10.7. The molecule has 1 rings (SSSR count). The summed E-state index contributed by atoms with van der Waals surface area (Å²) < 4.78 is 37.6. The van der Waals surface area contributed by atoms with E-state index in [-0.39, 0.29) is 22.0 Å². The van der Waals surface area contributed by atoms with Gasteiger partial charge in [0.15, 0.2) is 0 Å². The molecule has 0 aromatic heterocycles. The molecule has 1 nitrogen and oxygen atoms in total. The number of benzene rings is 1. The molecule has 0 bridgehead atoms. The summed E-state index contributed by atoms with van der Waals surface area (Å²) in [6.45, 7) is 0. The van der Waals surface area contributed by atoms with E-state index in [0.29, 0.717) is 5.56 Å². The average Bonchev–Trinajstić information content (AvgIpc) is 2.14. The second-order valence-corrected chi connectivity index (χ2v) is 9.69. The standard InChI is InChI=1S/C7H7.CF3.CH3O.BrH.Zn/c1-7-5-3-2-4-6-7;2-1(3)4;1-2;;/h2-6H,1H2;;1H3;1H;/q;;-1;;+1. The van der Waals surface area contributed by atoms with Crippen molar-refractivity contribution in [3.63, 3.8) is 0 Å². The zero-order valence-corrected chi connectivity index (χ0v) is 12.9. The fourth-order valence-electron chi connectivity index (χ4n) is 1.31. The first kappa shape index (κ1) is 15.1. The van der Waals surface area contributed by atoms with E-state index in [0.717, 1.165) is 7.11 Å². The third kappa shape index (κ3) is 5.09. The van der Waals surface area contributed by atoms with E-state index in [4.69, 9.17) is 0 Å². The second-order valence-electron chi connectivity index (χ2n) is 3.24. The van der Waals surface area contributed by atoms with Gasteiger partial charge in [-0.15, -0.1) is 17.0 Å². The molecule has 0 aliphatic rings. The second kappa shape index (κ2) is 6.61. The Bertz CT molecular complexity index is 278. The average molecular weight is 337 g/mol. The van der Waals surface area contributed by atoms with Gasteiger partial charge in [-0.25, -0.2) is 0 Å². The fraction of sp³-hybridized carbons (Fsp3) is 0.333. The summed E-state index contributed by atoms with van der Waals surface area (Å²) in [5.74, 6) is 0. The van der Waals surface area contributed by atoms with E-state index in [1.807, 2.05) is 0 Å². The summed E-state index contributed by atoms with van der Waals surface area (Å²) in [5.41, 5.74) is 0.715. The molecule has 1 aromatic carbocycles. The van der Waals surface area contributed by atoms with Crippen LogP contribution in [0.5, 0.6) is 0 Å². The molecule has 0 unspecified atom stereocenters. The van der Waals surface area contributed by atoms with Crippen molar-refractivity contribution >= 4 is 17.0 Å². The number of hydrogen-bond acceptors (Lipinski definition) is 1. The molecule has 15 heavy (non-hydrogen) atoms. The Hall–Kier alpha value is 0.0734. The predicted molar refractivity (Wildman–Crippen MR) is 53.5 cm³/mol. The number of rotatable bonds is 3. The number of hydrogen-bond donors (Lipinski definition) is 0. The van der Waals surface area contributed by atoms with Gasteiger partial charge in [-0.05, 0) is 0 Å². The minimum atomic E-state index is -4.09. The van der Waals surface area contributed by atoms with Crippen molar-refractivity contribution in [2.45, 2.75) is 9.79 Å². The molecule has 0 aliphatic carbocycles. The van der Waals surface area contributed by atoms with Gasteiger partial charge < -0.3 is 0 Å². The molecule has 0 heterocycles. The Balaban J connectivity index is 0.00000196. The monoisotopic (exact) mass is 335 g/mol. The molecule has 1 aromatic rings. The topological polar surface area (TPSA) is 9.23 Å². The van der Waals surface area contributed by atoms with Crippen molar-refractivity contribution in [2.75, 3.05) is 7.11 Å².